The van der Waals surface area contributed by atoms with E-state index in [4.69, 9.17) is 5.11 Å². The van der Waals surface area contributed by atoms with Gasteiger partial charge in [0.05, 0.1) is 5.56 Å². The molecule has 0 unspecified atom stereocenters. The Morgan fingerprint density at radius 2 is 2.17 bits per heavy atom. The van der Waals surface area contributed by atoms with Gasteiger partial charge in [-0.3, -0.25) is 0 Å². The van der Waals surface area contributed by atoms with Gasteiger partial charge in [-0.25, -0.2) is 4.79 Å². The number of hydrogen-bond donors (Lipinski definition) is 2. The molecule has 12 heavy (non-hydrogen) atoms. The average molecular weight is 165 g/mol. The molecule has 0 saturated heterocycles. The minimum Gasteiger partial charge on any atom is -0.478 e. The van der Waals surface area contributed by atoms with Crippen LogP contribution in [0.2, 0.25) is 0 Å². The molecule has 0 bridgehead atoms. The predicted octanol–water partition coefficient (Wildman–Crippen LogP) is 1.73. The maximum absolute atomic E-state index is 10.7. The molecule has 1 aromatic rings. The highest BCUT2D eigenvalue weighted by molar-refractivity contribution is 5.94. The minimum atomic E-state index is -0.900. The summed E-state index contributed by atoms with van der Waals surface area (Å²) in [6.07, 6.45) is 0. The van der Waals surface area contributed by atoms with Crippen LogP contribution in [0.4, 0.5) is 5.69 Å². The SMILES string of the molecule is CNc1ccc(C)cc1C(=O)O. The van der Waals surface area contributed by atoms with Gasteiger partial charge in [-0.05, 0) is 19.1 Å². The fraction of sp³-hybridized carbons (Fsp3) is 0.222. The smallest absolute Gasteiger partial charge is 0.337 e. The van der Waals surface area contributed by atoms with Crippen LogP contribution >= 0.6 is 0 Å². The van der Waals surface area contributed by atoms with E-state index >= 15 is 0 Å². The fourth-order valence-electron chi connectivity index (χ4n) is 1.05. The molecule has 0 aliphatic carbocycles. The van der Waals surface area contributed by atoms with Gasteiger partial charge in [0.1, 0.15) is 0 Å². The highest BCUT2D eigenvalue weighted by Gasteiger charge is 2.07. The lowest BCUT2D eigenvalue weighted by Crippen LogP contribution is -2.02. The predicted molar refractivity (Wildman–Crippen MR) is 47.7 cm³/mol. The number of anilines is 1. The Hall–Kier alpha value is -1.51. The molecule has 3 nitrogen and oxygen atoms in total. The van der Waals surface area contributed by atoms with Crippen molar-refractivity contribution in [2.45, 2.75) is 6.92 Å². The zero-order chi connectivity index (χ0) is 9.14. The summed E-state index contributed by atoms with van der Waals surface area (Å²) in [5.41, 5.74) is 1.91. The van der Waals surface area contributed by atoms with Crippen molar-refractivity contribution in [3.05, 3.63) is 29.3 Å². The Morgan fingerprint density at radius 1 is 1.50 bits per heavy atom. The first kappa shape index (κ1) is 8.59. The summed E-state index contributed by atoms with van der Waals surface area (Å²) in [7, 11) is 1.71. The van der Waals surface area contributed by atoms with Crippen molar-refractivity contribution >= 4 is 11.7 Å². The van der Waals surface area contributed by atoms with Crippen LogP contribution in [0.1, 0.15) is 15.9 Å². The Morgan fingerprint density at radius 3 is 2.67 bits per heavy atom. The molecule has 64 valence electrons. The van der Waals surface area contributed by atoms with Crippen molar-refractivity contribution in [1.29, 1.82) is 0 Å². The first-order valence-electron chi connectivity index (χ1n) is 3.67. The van der Waals surface area contributed by atoms with Crippen LogP contribution in [0, 0.1) is 6.92 Å². The van der Waals surface area contributed by atoms with Crippen LogP contribution in [-0.4, -0.2) is 18.1 Å². The first-order valence-corrected chi connectivity index (χ1v) is 3.67. The van der Waals surface area contributed by atoms with E-state index < -0.39 is 5.97 Å². The van der Waals surface area contributed by atoms with E-state index in [1.54, 1.807) is 19.2 Å². The number of aromatic carboxylic acids is 1. The maximum Gasteiger partial charge on any atom is 0.337 e. The van der Waals surface area contributed by atoms with Crippen LogP contribution in [0.3, 0.4) is 0 Å². The number of rotatable bonds is 2. The van der Waals surface area contributed by atoms with Gasteiger partial charge in [0.25, 0.3) is 0 Å². The van der Waals surface area contributed by atoms with Crippen LogP contribution < -0.4 is 5.32 Å². The summed E-state index contributed by atoms with van der Waals surface area (Å²) in [4.78, 5) is 10.7. The van der Waals surface area contributed by atoms with Crippen molar-refractivity contribution in [3.63, 3.8) is 0 Å². The Labute approximate surface area is 71.0 Å². The lowest BCUT2D eigenvalue weighted by molar-refractivity contribution is 0.0698. The maximum atomic E-state index is 10.7. The molecule has 0 amide bonds. The molecule has 2 N–H and O–H groups in total. The fourth-order valence-corrected chi connectivity index (χ4v) is 1.05. The molecule has 0 saturated carbocycles. The van der Waals surface area contributed by atoms with Crippen LogP contribution in [0.15, 0.2) is 18.2 Å². The highest BCUT2D eigenvalue weighted by Crippen LogP contribution is 2.16. The average Bonchev–Trinajstić information content (AvgIpc) is 2.04. The van der Waals surface area contributed by atoms with Gasteiger partial charge in [0.15, 0.2) is 0 Å². The molecule has 0 spiro atoms. The third kappa shape index (κ3) is 1.56. The van der Waals surface area contributed by atoms with E-state index in [-0.39, 0.29) is 0 Å². The molecule has 3 heteroatoms. The summed E-state index contributed by atoms with van der Waals surface area (Å²) in [6, 6.07) is 5.28. The number of aryl methyl sites for hydroxylation is 1. The van der Waals surface area contributed by atoms with Crippen LogP contribution in [-0.2, 0) is 0 Å². The third-order valence-electron chi connectivity index (χ3n) is 1.67. The number of carboxylic acid groups (broad SMARTS) is 1. The zero-order valence-electron chi connectivity index (χ0n) is 7.09. The molecule has 0 aliphatic rings. The second-order valence-corrected chi connectivity index (χ2v) is 2.60. The second-order valence-electron chi connectivity index (χ2n) is 2.60. The Balaban J connectivity index is 3.21. The monoisotopic (exact) mass is 165 g/mol. The summed E-state index contributed by atoms with van der Waals surface area (Å²) < 4.78 is 0. The first-order chi connectivity index (χ1) is 5.65. The molecule has 1 rings (SSSR count). The van der Waals surface area contributed by atoms with Crippen molar-refractivity contribution in [3.8, 4) is 0 Å². The van der Waals surface area contributed by atoms with Gasteiger partial charge in [-0.15, -0.1) is 0 Å². The standard InChI is InChI=1S/C9H11NO2/c1-6-3-4-8(10-2)7(5-6)9(11)12/h3-5,10H,1-2H3,(H,11,12). The number of hydrogen-bond acceptors (Lipinski definition) is 2. The number of nitrogens with one attached hydrogen (secondary N) is 1. The van der Waals surface area contributed by atoms with E-state index in [9.17, 15) is 4.79 Å². The number of carboxylic acids is 1. The largest absolute Gasteiger partial charge is 0.478 e. The van der Waals surface area contributed by atoms with Gasteiger partial charge in [-0.1, -0.05) is 11.6 Å². The lowest BCUT2D eigenvalue weighted by Gasteiger charge is -2.05. The molecule has 0 aliphatic heterocycles. The molecule has 0 aromatic heterocycles. The molecular formula is C9H11NO2. The Kier molecular flexibility index (Phi) is 2.33. The van der Waals surface area contributed by atoms with Crippen molar-refractivity contribution in [2.24, 2.45) is 0 Å². The van der Waals surface area contributed by atoms with E-state index in [1.807, 2.05) is 13.0 Å². The highest BCUT2D eigenvalue weighted by atomic mass is 16.4. The van der Waals surface area contributed by atoms with Gasteiger partial charge in [0, 0.05) is 12.7 Å². The van der Waals surface area contributed by atoms with Gasteiger partial charge in [0.2, 0.25) is 0 Å². The topological polar surface area (TPSA) is 49.3 Å². The second kappa shape index (κ2) is 3.26. The van der Waals surface area contributed by atoms with E-state index in [0.717, 1.165) is 5.56 Å². The third-order valence-corrected chi connectivity index (χ3v) is 1.67. The minimum absolute atomic E-state index is 0.317. The quantitative estimate of drug-likeness (QED) is 0.701. The number of carbonyl (C=O) groups is 1. The summed E-state index contributed by atoms with van der Waals surface area (Å²) in [6.45, 7) is 1.87. The van der Waals surface area contributed by atoms with Gasteiger partial charge in [-0.2, -0.15) is 0 Å². The van der Waals surface area contributed by atoms with Crippen LogP contribution in [0.25, 0.3) is 0 Å². The van der Waals surface area contributed by atoms with Crippen LogP contribution in [0.5, 0.6) is 0 Å². The van der Waals surface area contributed by atoms with Crippen molar-refractivity contribution in [2.75, 3.05) is 12.4 Å². The molecule has 1 aromatic carbocycles. The summed E-state index contributed by atoms with van der Waals surface area (Å²) >= 11 is 0. The summed E-state index contributed by atoms with van der Waals surface area (Å²) in [5.74, 6) is -0.900. The van der Waals surface area contributed by atoms with Crippen molar-refractivity contribution < 1.29 is 9.90 Å². The molecule has 0 fully saturated rings. The van der Waals surface area contributed by atoms with Gasteiger partial charge >= 0.3 is 5.97 Å². The molecule has 0 heterocycles. The lowest BCUT2D eigenvalue weighted by atomic mass is 10.1. The van der Waals surface area contributed by atoms with E-state index in [1.165, 1.54) is 0 Å². The zero-order valence-corrected chi connectivity index (χ0v) is 7.09. The molecular weight excluding hydrogens is 154 g/mol. The normalized spacial score (nSPS) is 9.50. The van der Waals surface area contributed by atoms with Gasteiger partial charge < -0.3 is 10.4 Å². The summed E-state index contributed by atoms with van der Waals surface area (Å²) in [5, 5.41) is 11.6. The number of benzene rings is 1. The Bertz CT molecular complexity index is 307. The van der Waals surface area contributed by atoms with E-state index in [0.29, 0.717) is 11.3 Å². The molecule has 0 radical (unpaired) electrons. The molecule has 0 atom stereocenters. The van der Waals surface area contributed by atoms with Crippen molar-refractivity contribution in [1.82, 2.24) is 0 Å². The van der Waals surface area contributed by atoms with E-state index in [2.05, 4.69) is 5.32 Å².